The number of aromatic nitrogens is 2. The highest BCUT2D eigenvalue weighted by Gasteiger charge is 2.22. The zero-order chi connectivity index (χ0) is 14.5. The lowest BCUT2D eigenvalue weighted by atomic mass is 10.2. The summed E-state index contributed by atoms with van der Waals surface area (Å²) in [6.45, 7) is 4.20. The molecule has 8 heteroatoms. The van der Waals surface area contributed by atoms with Crippen molar-refractivity contribution in [3.05, 3.63) is 18.1 Å². The van der Waals surface area contributed by atoms with Gasteiger partial charge in [0.25, 0.3) is 0 Å². The molecule has 0 radical (unpaired) electrons. The van der Waals surface area contributed by atoms with Crippen LogP contribution in [0.4, 0.5) is 5.82 Å². The molecule has 1 atom stereocenters. The van der Waals surface area contributed by atoms with Gasteiger partial charge in [0.2, 0.25) is 5.91 Å². The minimum absolute atomic E-state index is 0.0218. The van der Waals surface area contributed by atoms with Gasteiger partial charge in [-0.25, -0.2) is 9.97 Å². The third-order valence-electron chi connectivity index (χ3n) is 2.96. The van der Waals surface area contributed by atoms with Crippen molar-refractivity contribution in [3.8, 4) is 0 Å². The summed E-state index contributed by atoms with van der Waals surface area (Å²) in [4.78, 5) is 22.4. The van der Waals surface area contributed by atoms with Crippen LogP contribution < -0.4 is 11.1 Å². The number of nitrogens with one attached hydrogen (secondary N) is 1. The molecule has 0 aromatic carbocycles. The van der Waals surface area contributed by atoms with Gasteiger partial charge < -0.3 is 20.7 Å². The summed E-state index contributed by atoms with van der Waals surface area (Å²) in [5, 5.41) is 3.02. The number of anilines is 1. The minimum atomic E-state index is -0.377. The van der Waals surface area contributed by atoms with Crippen molar-refractivity contribution < 1.29 is 9.53 Å². The Hall–Kier alpha value is -1.80. The number of amides is 1. The highest BCUT2D eigenvalue weighted by atomic mass is 32.1. The van der Waals surface area contributed by atoms with Crippen LogP contribution in [0.15, 0.2) is 12.4 Å². The molecule has 0 bridgehead atoms. The Labute approximate surface area is 122 Å². The Bertz CT molecular complexity index is 487. The lowest BCUT2D eigenvalue weighted by molar-refractivity contribution is -0.135. The van der Waals surface area contributed by atoms with Crippen LogP contribution in [0.25, 0.3) is 0 Å². The summed E-state index contributed by atoms with van der Waals surface area (Å²) < 4.78 is 5.22. The van der Waals surface area contributed by atoms with E-state index < -0.39 is 0 Å². The fraction of sp³-hybridized carbons (Fsp3) is 0.500. The number of nitrogens with zero attached hydrogens (tertiary/aromatic N) is 3. The van der Waals surface area contributed by atoms with E-state index in [1.165, 1.54) is 12.4 Å². The van der Waals surface area contributed by atoms with Crippen LogP contribution in [0.2, 0.25) is 0 Å². The van der Waals surface area contributed by atoms with Gasteiger partial charge in [0.1, 0.15) is 22.5 Å². The fourth-order valence-electron chi connectivity index (χ4n) is 1.87. The second kappa shape index (κ2) is 6.58. The van der Waals surface area contributed by atoms with Crippen LogP contribution in [-0.2, 0) is 9.53 Å². The highest BCUT2D eigenvalue weighted by Crippen LogP contribution is 2.07. The highest BCUT2D eigenvalue weighted by molar-refractivity contribution is 7.80. The van der Waals surface area contributed by atoms with Crippen molar-refractivity contribution in [1.82, 2.24) is 14.9 Å². The number of nitrogens with two attached hydrogens (primary N) is 1. The first-order valence-electron chi connectivity index (χ1n) is 6.33. The molecule has 0 aliphatic carbocycles. The van der Waals surface area contributed by atoms with Crippen LogP contribution in [0.5, 0.6) is 0 Å². The minimum Gasteiger partial charge on any atom is -0.388 e. The van der Waals surface area contributed by atoms with Crippen molar-refractivity contribution in [1.29, 1.82) is 0 Å². The number of hydrogen-bond donors (Lipinski definition) is 2. The van der Waals surface area contributed by atoms with Gasteiger partial charge in [-0.05, 0) is 6.92 Å². The first-order chi connectivity index (χ1) is 9.58. The first-order valence-corrected chi connectivity index (χ1v) is 6.73. The van der Waals surface area contributed by atoms with E-state index in [2.05, 4.69) is 15.3 Å². The topological polar surface area (TPSA) is 93.4 Å². The molecule has 1 aliphatic heterocycles. The molecule has 2 rings (SSSR count). The van der Waals surface area contributed by atoms with Gasteiger partial charge >= 0.3 is 0 Å². The molecule has 20 heavy (non-hydrogen) atoms. The summed E-state index contributed by atoms with van der Waals surface area (Å²) >= 11 is 4.80. The number of thiocarbonyl (C=S) groups is 1. The zero-order valence-corrected chi connectivity index (χ0v) is 12.0. The molecule has 3 N–H and O–H groups in total. The quantitative estimate of drug-likeness (QED) is 0.741. The summed E-state index contributed by atoms with van der Waals surface area (Å²) in [6, 6.07) is -0.377. The molecule has 1 aromatic heterocycles. The maximum atomic E-state index is 12.2. The number of ether oxygens (including phenoxy) is 1. The van der Waals surface area contributed by atoms with Gasteiger partial charge in [-0.2, -0.15) is 0 Å². The van der Waals surface area contributed by atoms with Gasteiger partial charge in [-0.1, -0.05) is 12.2 Å². The van der Waals surface area contributed by atoms with E-state index in [1.807, 2.05) is 0 Å². The maximum Gasteiger partial charge on any atom is 0.244 e. The molecule has 1 saturated heterocycles. The fourth-order valence-corrected chi connectivity index (χ4v) is 1.98. The Morgan fingerprint density at radius 2 is 2.15 bits per heavy atom. The van der Waals surface area contributed by atoms with E-state index in [9.17, 15) is 4.79 Å². The standard InChI is InChI=1S/C12H17N5O2S/c1-8(12(18)17-2-4-19-5-3-17)16-10-7-14-9(6-15-10)11(13)20/h6-8H,2-5H2,1H3,(H2,13,20)(H,15,16). The Balaban J connectivity index is 1.94. The molecule has 0 spiro atoms. The average molecular weight is 295 g/mol. The van der Waals surface area contributed by atoms with Crippen molar-refractivity contribution in [2.24, 2.45) is 5.73 Å². The zero-order valence-electron chi connectivity index (χ0n) is 11.2. The summed E-state index contributed by atoms with van der Waals surface area (Å²) in [7, 11) is 0. The Kier molecular flexibility index (Phi) is 4.80. The molecule has 7 nitrogen and oxygen atoms in total. The number of rotatable bonds is 4. The monoisotopic (exact) mass is 295 g/mol. The molecule has 1 aromatic rings. The van der Waals surface area contributed by atoms with Crippen LogP contribution in [-0.4, -0.2) is 58.1 Å². The Morgan fingerprint density at radius 3 is 2.70 bits per heavy atom. The molecule has 1 aliphatic rings. The molecule has 1 fully saturated rings. The predicted molar refractivity (Wildman–Crippen MR) is 78.4 cm³/mol. The van der Waals surface area contributed by atoms with E-state index in [0.717, 1.165) is 0 Å². The molecule has 0 saturated carbocycles. The molecule has 108 valence electrons. The predicted octanol–water partition coefficient (Wildman–Crippen LogP) is -0.230. The number of carbonyl (C=O) groups is 1. The van der Waals surface area contributed by atoms with E-state index in [-0.39, 0.29) is 16.9 Å². The SMILES string of the molecule is CC(Nc1cnc(C(N)=S)cn1)C(=O)N1CCOCC1. The Morgan fingerprint density at radius 1 is 1.45 bits per heavy atom. The third-order valence-corrected chi connectivity index (χ3v) is 3.17. The molecular weight excluding hydrogens is 278 g/mol. The van der Waals surface area contributed by atoms with E-state index >= 15 is 0 Å². The molecule has 1 amide bonds. The molecule has 2 heterocycles. The van der Waals surface area contributed by atoms with Crippen molar-refractivity contribution in [3.63, 3.8) is 0 Å². The second-order valence-electron chi connectivity index (χ2n) is 4.45. The largest absolute Gasteiger partial charge is 0.388 e. The third kappa shape index (κ3) is 3.61. The van der Waals surface area contributed by atoms with Gasteiger partial charge in [-0.15, -0.1) is 0 Å². The van der Waals surface area contributed by atoms with Crippen LogP contribution in [0, 0.1) is 0 Å². The van der Waals surface area contributed by atoms with Crippen LogP contribution in [0.3, 0.4) is 0 Å². The lowest BCUT2D eigenvalue weighted by Crippen LogP contribution is -2.47. The average Bonchev–Trinajstić information content (AvgIpc) is 2.48. The number of hydrogen-bond acceptors (Lipinski definition) is 6. The smallest absolute Gasteiger partial charge is 0.244 e. The van der Waals surface area contributed by atoms with Crippen LogP contribution in [0.1, 0.15) is 12.6 Å². The first kappa shape index (κ1) is 14.6. The van der Waals surface area contributed by atoms with Gasteiger partial charge in [0, 0.05) is 13.1 Å². The molecule has 1 unspecified atom stereocenters. The normalized spacial score (nSPS) is 16.6. The van der Waals surface area contributed by atoms with E-state index in [1.54, 1.807) is 11.8 Å². The van der Waals surface area contributed by atoms with E-state index in [4.69, 9.17) is 22.7 Å². The summed E-state index contributed by atoms with van der Waals surface area (Å²) in [5.74, 6) is 0.535. The summed E-state index contributed by atoms with van der Waals surface area (Å²) in [6.07, 6.45) is 2.99. The van der Waals surface area contributed by atoms with Gasteiger partial charge in [-0.3, -0.25) is 4.79 Å². The maximum absolute atomic E-state index is 12.2. The number of morpholine rings is 1. The van der Waals surface area contributed by atoms with Crippen molar-refractivity contribution in [2.45, 2.75) is 13.0 Å². The molecular formula is C12H17N5O2S. The van der Waals surface area contributed by atoms with Gasteiger partial charge in [0.15, 0.2) is 0 Å². The second-order valence-corrected chi connectivity index (χ2v) is 4.89. The van der Waals surface area contributed by atoms with Crippen molar-refractivity contribution >= 4 is 28.9 Å². The lowest BCUT2D eigenvalue weighted by Gasteiger charge is -2.29. The van der Waals surface area contributed by atoms with E-state index in [0.29, 0.717) is 37.8 Å². The summed E-state index contributed by atoms with van der Waals surface area (Å²) in [5.41, 5.74) is 5.90. The number of carbonyl (C=O) groups excluding carboxylic acids is 1. The van der Waals surface area contributed by atoms with Crippen LogP contribution >= 0.6 is 12.2 Å². The van der Waals surface area contributed by atoms with Crippen molar-refractivity contribution in [2.75, 3.05) is 31.6 Å². The van der Waals surface area contributed by atoms with Gasteiger partial charge in [0.05, 0.1) is 25.6 Å².